The van der Waals surface area contributed by atoms with Crippen molar-refractivity contribution in [3.05, 3.63) is 35.7 Å². The van der Waals surface area contributed by atoms with Crippen LogP contribution in [0.1, 0.15) is 37.3 Å². The molecule has 0 saturated heterocycles. The van der Waals surface area contributed by atoms with Gasteiger partial charge in [0.25, 0.3) is 0 Å². The van der Waals surface area contributed by atoms with E-state index in [-0.39, 0.29) is 11.7 Å². The first kappa shape index (κ1) is 20.0. The standard InChI is InChI=1S/C18H25N5O2S/c1-4-5-6-9-23-12-19-22-18(23)26-11-16(24)21-17(25)20-15-8-7-13(2)14(3)10-15/h7-8,10,12H,4-6,9,11H2,1-3H3,(H2,20,21,24,25). The number of carbonyl (C=O) groups excluding carboxylic acids is 2. The van der Waals surface area contributed by atoms with Crippen molar-refractivity contribution in [2.75, 3.05) is 11.1 Å². The number of amides is 3. The van der Waals surface area contributed by atoms with Crippen LogP contribution in [0, 0.1) is 13.8 Å². The second kappa shape index (κ2) is 9.96. The van der Waals surface area contributed by atoms with Crippen LogP contribution < -0.4 is 10.6 Å². The molecular formula is C18H25N5O2S. The van der Waals surface area contributed by atoms with Gasteiger partial charge in [0.1, 0.15) is 6.33 Å². The lowest BCUT2D eigenvalue weighted by molar-refractivity contribution is -0.117. The van der Waals surface area contributed by atoms with Crippen LogP contribution in [0.5, 0.6) is 0 Å². The SMILES string of the molecule is CCCCCn1cnnc1SCC(=O)NC(=O)Nc1ccc(C)c(C)c1. The summed E-state index contributed by atoms with van der Waals surface area (Å²) in [7, 11) is 0. The molecular weight excluding hydrogens is 350 g/mol. The van der Waals surface area contributed by atoms with E-state index in [1.165, 1.54) is 11.8 Å². The van der Waals surface area contributed by atoms with Crippen LogP contribution in [-0.2, 0) is 11.3 Å². The third kappa shape index (κ3) is 6.18. The van der Waals surface area contributed by atoms with Crippen LogP contribution in [0.25, 0.3) is 0 Å². The Labute approximate surface area is 158 Å². The molecule has 3 amide bonds. The third-order valence-electron chi connectivity index (χ3n) is 3.93. The minimum atomic E-state index is -0.539. The summed E-state index contributed by atoms with van der Waals surface area (Å²) in [5.74, 6) is -0.272. The molecule has 0 atom stereocenters. The molecule has 0 fully saturated rings. The van der Waals surface area contributed by atoms with Gasteiger partial charge in [-0.25, -0.2) is 4.79 Å². The Morgan fingerprint density at radius 1 is 1.19 bits per heavy atom. The summed E-state index contributed by atoms with van der Waals surface area (Å²) < 4.78 is 1.93. The van der Waals surface area contributed by atoms with Crippen LogP contribution in [0.3, 0.4) is 0 Å². The fourth-order valence-electron chi connectivity index (χ4n) is 2.32. The first-order chi connectivity index (χ1) is 12.5. The number of benzene rings is 1. The van der Waals surface area contributed by atoms with E-state index in [4.69, 9.17) is 0 Å². The Morgan fingerprint density at radius 2 is 2.00 bits per heavy atom. The number of nitrogens with zero attached hydrogens (tertiary/aromatic N) is 3. The maximum Gasteiger partial charge on any atom is 0.325 e. The highest BCUT2D eigenvalue weighted by Gasteiger charge is 2.12. The van der Waals surface area contributed by atoms with Gasteiger partial charge in [-0.1, -0.05) is 37.6 Å². The average Bonchev–Trinajstić information content (AvgIpc) is 3.04. The molecule has 8 heteroatoms. The summed E-state index contributed by atoms with van der Waals surface area (Å²) in [6, 6.07) is 5.06. The predicted molar refractivity (Wildman–Crippen MR) is 103 cm³/mol. The summed E-state index contributed by atoms with van der Waals surface area (Å²) in [6.07, 6.45) is 5.00. The van der Waals surface area contributed by atoms with E-state index in [1.807, 2.05) is 30.5 Å². The topological polar surface area (TPSA) is 88.9 Å². The zero-order chi connectivity index (χ0) is 18.9. The highest BCUT2D eigenvalue weighted by atomic mass is 32.2. The Bertz CT molecular complexity index is 760. The number of aromatic nitrogens is 3. The predicted octanol–water partition coefficient (Wildman–Crippen LogP) is 3.53. The highest BCUT2D eigenvalue weighted by Crippen LogP contribution is 2.16. The number of aryl methyl sites for hydroxylation is 3. The van der Waals surface area contributed by atoms with E-state index in [1.54, 1.807) is 12.4 Å². The van der Waals surface area contributed by atoms with Crippen molar-refractivity contribution < 1.29 is 9.59 Å². The van der Waals surface area contributed by atoms with E-state index in [2.05, 4.69) is 27.8 Å². The molecule has 1 heterocycles. The molecule has 0 saturated carbocycles. The van der Waals surface area contributed by atoms with Gasteiger partial charge in [0.2, 0.25) is 5.91 Å². The summed E-state index contributed by atoms with van der Waals surface area (Å²) in [6.45, 7) is 6.95. The molecule has 7 nitrogen and oxygen atoms in total. The van der Waals surface area contributed by atoms with Gasteiger partial charge in [-0.2, -0.15) is 0 Å². The first-order valence-electron chi connectivity index (χ1n) is 8.68. The van der Waals surface area contributed by atoms with Crippen LogP contribution in [-0.4, -0.2) is 32.5 Å². The van der Waals surface area contributed by atoms with Gasteiger partial charge >= 0.3 is 6.03 Å². The second-order valence-corrected chi connectivity index (χ2v) is 7.05. The minimum absolute atomic E-state index is 0.104. The van der Waals surface area contributed by atoms with Gasteiger partial charge in [0, 0.05) is 12.2 Å². The zero-order valence-corrected chi connectivity index (χ0v) is 16.2. The molecule has 0 aliphatic rings. The number of urea groups is 1. The number of hydrogen-bond donors (Lipinski definition) is 2. The van der Waals surface area contributed by atoms with Crippen molar-refractivity contribution in [3.8, 4) is 0 Å². The Hall–Kier alpha value is -2.35. The molecule has 2 aromatic rings. The van der Waals surface area contributed by atoms with E-state index in [0.717, 1.165) is 36.9 Å². The number of unbranched alkanes of at least 4 members (excludes halogenated alkanes) is 2. The van der Waals surface area contributed by atoms with Crippen LogP contribution >= 0.6 is 11.8 Å². The Kier molecular flexibility index (Phi) is 7.65. The third-order valence-corrected chi connectivity index (χ3v) is 4.91. The number of anilines is 1. The lowest BCUT2D eigenvalue weighted by Gasteiger charge is -2.09. The smallest absolute Gasteiger partial charge is 0.309 e. The van der Waals surface area contributed by atoms with E-state index in [0.29, 0.717) is 10.8 Å². The Balaban J connectivity index is 1.78. The fraction of sp³-hybridized carbons (Fsp3) is 0.444. The molecule has 1 aromatic heterocycles. The number of hydrogen-bond acceptors (Lipinski definition) is 5. The maximum atomic E-state index is 12.0. The average molecular weight is 375 g/mol. The molecule has 26 heavy (non-hydrogen) atoms. The van der Waals surface area contributed by atoms with E-state index < -0.39 is 6.03 Å². The molecule has 2 N–H and O–H groups in total. The monoisotopic (exact) mass is 375 g/mol. The largest absolute Gasteiger partial charge is 0.325 e. The summed E-state index contributed by atoms with van der Waals surface area (Å²) in [5.41, 5.74) is 2.88. The van der Waals surface area contributed by atoms with E-state index in [9.17, 15) is 9.59 Å². The van der Waals surface area contributed by atoms with Crippen LogP contribution in [0.15, 0.2) is 29.7 Å². The van der Waals surface area contributed by atoms with Gasteiger partial charge in [-0.15, -0.1) is 10.2 Å². The van der Waals surface area contributed by atoms with Crippen LogP contribution in [0.4, 0.5) is 10.5 Å². The number of nitrogens with one attached hydrogen (secondary N) is 2. The lowest BCUT2D eigenvalue weighted by atomic mass is 10.1. The summed E-state index contributed by atoms with van der Waals surface area (Å²) in [5, 5.41) is 13.6. The molecule has 1 aromatic carbocycles. The van der Waals surface area contributed by atoms with Crippen molar-refractivity contribution in [1.82, 2.24) is 20.1 Å². The van der Waals surface area contributed by atoms with Crippen molar-refractivity contribution >= 4 is 29.4 Å². The molecule has 0 aliphatic carbocycles. The number of carbonyl (C=O) groups is 2. The molecule has 140 valence electrons. The molecule has 0 bridgehead atoms. The molecule has 0 radical (unpaired) electrons. The Morgan fingerprint density at radius 3 is 2.73 bits per heavy atom. The molecule has 0 unspecified atom stereocenters. The second-order valence-electron chi connectivity index (χ2n) is 6.10. The number of rotatable bonds is 8. The lowest BCUT2D eigenvalue weighted by Crippen LogP contribution is -2.35. The maximum absolute atomic E-state index is 12.0. The van der Waals surface area contributed by atoms with Crippen LogP contribution in [0.2, 0.25) is 0 Å². The number of imide groups is 1. The minimum Gasteiger partial charge on any atom is -0.309 e. The quantitative estimate of drug-likeness (QED) is 0.544. The van der Waals surface area contributed by atoms with Gasteiger partial charge < -0.3 is 9.88 Å². The van der Waals surface area contributed by atoms with Crippen molar-refractivity contribution in [3.63, 3.8) is 0 Å². The summed E-state index contributed by atoms with van der Waals surface area (Å²) >= 11 is 1.27. The molecule has 0 spiro atoms. The van der Waals surface area contributed by atoms with Crippen molar-refractivity contribution in [1.29, 1.82) is 0 Å². The van der Waals surface area contributed by atoms with Gasteiger partial charge in [0.15, 0.2) is 5.16 Å². The van der Waals surface area contributed by atoms with Crippen molar-refractivity contribution in [2.45, 2.75) is 51.7 Å². The normalized spacial score (nSPS) is 10.6. The molecule has 0 aliphatic heterocycles. The summed E-state index contributed by atoms with van der Waals surface area (Å²) in [4.78, 5) is 23.9. The van der Waals surface area contributed by atoms with Crippen molar-refractivity contribution in [2.24, 2.45) is 0 Å². The first-order valence-corrected chi connectivity index (χ1v) is 9.67. The van der Waals surface area contributed by atoms with E-state index >= 15 is 0 Å². The van der Waals surface area contributed by atoms with Gasteiger partial charge in [-0.3, -0.25) is 10.1 Å². The zero-order valence-electron chi connectivity index (χ0n) is 15.4. The molecule has 2 rings (SSSR count). The number of thioether (sulfide) groups is 1. The fourth-order valence-corrected chi connectivity index (χ4v) is 3.06. The van der Waals surface area contributed by atoms with Gasteiger partial charge in [-0.05, 0) is 43.5 Å². The highest BCUT2D eigenvalue weighted by molar-refractivity contribution is 7.99. The van der Waals surface area contributed by atoms with Gasteiger partial charge in [0.05, 0.1) is 5.75 Å².